The highest BCUT2D eigenvalue weighted by molar-refractivity contribution is 5.52. The number of nitrogens with one attached hydrogen (secondary N) is 1. The van der Waals surface area contributed by atoms with Crippen LogP contribution in [0.4, 0.5) is 0 Å². The molecule has 1 aliphatic rings. The fourth-order valence-electron chi connectivity index (χ4n) is 2.46. The molecule has 106 valence electrons. The number of rotatable bonds is 5. The first kappa shape index (κ1) is 14.0. The van der Waals surface area contributed by atoms with Crippen LogP contribution in [0.2, 0.25) is 0 Å². The molecule has 1 N–H and O–H groups in total. The van der Waals surface area contributed by atoms with Crippen molar-refractivity contribution in [2.75, 3.05) is 27.4 Å². The zero-order chi connectivity index (χ0) is 13.7. The van der Waals surface area contributed by atoms with Gasteiger partial charge in [0.25, 0.3) is 0 Å². The van der Waals surface area contributed by atoms with Crippen LogP contribution in [0.25, 0.3) is 0 Å². The summed E-state index contributed by atoms with van der Waals surface area (Å²) >= 11 is 0. The number of methoxy groups -OCH3 is 2. The molecule has 0 spiro atoms. The van der Waals surface area contributed by atoms with Crippen molar-refractivity contribution < 1.29 is 14.2 Å². The average molecular weight is 265 g/mol. The highest BCUT2D eigenvalue weighted by Gasteiger charge is 2.24. The maximum Gasteiger partial charge on any atom is 0.131 e. The van der Waals surface area contributed by atoms with Gasteiger partial charge >= 0.3 is 0 Å². The summed E-state index contributed by atoms with van der Waals surface area (Å²) in [7, 11) is 3.35. The summed E-state index contributed by atoms with van der Waals surface area (Å²) in [5.74, 6) is 2.49. The minimum absolute atomic E-state index is 0.290. The number of fused-ring (bicyclic) bond motifs is 1. The fourth-order valence-corrected chi connectivity index (χ4v) is 2.46. The Hall–Kier alpha value is -1.42. The van der Waals surface area contributed by atoms with Crippen molar-refractivity contribution >= 4 is 0 Å². The van der Waals surface area contributed by atoms with Crippen LogP contribution < -0.4 is 19.5 Å². The highest BCUT2D eigenvalue weighted by Crippen LogP contribution is 2.41. The molecule has 0 amide bonds. The van der Waals surface area contributed by atoms with Gasteiger partial charge in [-0.25, -0.2) is 0 Å². The van der Waals surface area contributed by atoms with E-state index >= 15 is 0 Å². The monoisotopic (exact) mass is 265 g/mol. The van der Waals surface area contributed by atoms with E-state index in [4.69, 9.17) is 14.2 Å². The van der Waals surface area contributed by atoms with E-state index in [0.29, 0.717) is 6.04 Å². The van der Waals surface area contributed by atoms with E-state index in [1.807, 2.05) is 12.1 Å². The van der Waals surface area contributed by atoms with Crippen LogP contribution in [0.5, 0.6) is 17.2 Å². The second kappa shape index (κ2) is 6.66. The quantitative estimate of drug-likeness (QED) is 0.888. The molecule has 4 heteroatoms. The van der Waals surface area contributed by atoms with Gasteiger partial charge < -0.3 is 19.5 Å². The van der Waals surface area contributed by atoms with Gasteiger partial charge in [-0.3, -0.25) is 0 Å². The lowest BCUT2D eigenvalue weighted by atomic mass is 10.0. The van der Waals surface area contributed by atoms with Crippen LogP contribution in [0.3, 0.4) is 0 Å². The van der Waals surface area contributed by atoms with E-state index in [-0.39, 0.29) is 0 Å². The van der Waals surface area contributed by atoms with Gasteiger partial charge in [-0.1, -0.05) is 6.92 Å². The molecule has 0 radical (unpaired) electrons. The highest BCUT2D eigenvalue weighted by atomic mass is 16.5. The Morgan fingerprint density at radius 1 is 1.32 bits per heavy atom. The van der Waals surface area contributed by atoms with E-state index in [9.17, 15) is 0 Å². The van der Waals surface area contributed by atoms with Gasteiger partial charge in [-0.05, 0) is 25.8 Å². The summed E-state index contributed by atoms with van der Waals surface area (Å²) in [6.45, 7) is 3.92. The van der Waals surface area contributed by atoms with Gasteiger partial charge in [-0.15, -0.1) is 0 Å². The van der Waals surface area contributed by atoms with E-state index in [1.54, 1.807) is 14.2 Å². The predicted molar refractivity (Wildman–Crippen MR) is 75.3 cm³/mol. The zero-order valence-electron chi connectivity index (χ0n) is 12.0. The third kappa shape index (κ3) is 3.13. The average Bonchev–Trinajstić information content (AvgIpc) is 2.66. The lowest BCUT2D eigenvalue weighted by molar-refractivity contribution is 0.311. The topological polar surface area (TPSA) is 39.7 Å². The summed E-state index contributed by atoms with van der Waals surface area (Å²) in [6.07, 6.45) is 3.22. The lowest BCUT2D eigenvalue weighted by Gasteiger charge is -2.21. The van der Waals surface area contributed by atoms with Crippen molar-refractivity contribution in [1.82, 2.24) is 5.32 Å². The van der Waals surface area contributed by atoms with Gasteiger partial charge in [0.15, 0.2) is 0 Å². The maximum atomic E-state index is 5.84. The zero-order valence-corrected chi connectivity index (χ0v) is 12.0. The second-order valence-electron chi connectivity index (χ2n) is 4.74. The fraction of sp³-hybridized carbons (Fsp3) is 0.600. The molecule has 0 aliphatic carbocycles. The number of hydrogen-bond donors (Lipinski definition) is 1. The van der Waals surface area contributed by atoms with Crippen LogP contribution in [-0.4, -0.2) is 27.4 Å². The van der Waals surface area contributed by atoms with Crippen LogP contribution in [-0.2, 0) is 0 Å². The lowest BCUT2D eigenvalue weighted by Crippen LogP contribution is -2.22. The minimum Gasteiger partial charge on any atom is -0.496 e. The molecule has 0 saturated carbocycles. The van der Waals surface area contributed by atoms with Gasteiger partial charge in [0.2, 0.25) is 0 Å². The largest absolute Gasteiger partial charge is 0.496 e. The van der Waals surface area contributed by atoms with Crippen molar-refractivity contribution in [3.8, 4) is 17.2 Å². The molecular formula is C15H23NO3. The Morgan fingerprint density at radius 3 is 2.84 bits per heavy atom. The molecular weight excluding hydrogens is 242 g/mol. The summed E-state index contributed by atoms with van der Waals surface area (Å²) in [5, 5.41) is 3.58. The van der Waals surface area contributed by atoms with Crippen LogP contribution >= 0.6 is 0 Å². The first-order chi connectivity index (χ1) is 9.30. The van der Waals surface area contributed by atoms with Gasteiger partial charge in [0, 0.05) is 18.2 Å². The first-order valence-electron chi connectivity index (χ1n) is 6.92. The number of benzene rings is 1. The smallest absolute Gasteiger partial charge is 0.131 e. The molecule has 0 bridgehead atoms. The van der Waals surface area contributed by atoms with Crippen LogP contribution in [0, 0.1) is 0 Å². The molecule has 0 aromatic heterocycles. The third-order valence-corrected chi connectivity index (χ3v) is 3.42. The molecule has 19 heavy (non-hydrogen) atoms. The van der Waals surface area contributed by atoms with Crippen molar-refractivity contribution in [3.63, 3.8) is 0 Å². The standard InChI is InChI=1S/C15H23NO3/c1-4-7-16-12-6-5-8-19-14-10-11(17-2)9-13(18-3)15(12)14/h9-10,12,16H,4-8H2,1-3H3. The molecule has 1 atom stereocenters. The van der Waals surface area contributed by atoms with Gasteiger partial charge in [0.1, 0.15) is 17.2 Å². The normalized spacial score (nSPS) is 18.2. The maximum absolute atomic E-state index is 5.84. The first-order valence-corrected chi connectivity index (χ1v) is 6.92. The van der Waals surface area contributed by atoms with Crippen molar-refractivity contribution in [1.29, 1.82) is 0 Å². The van der Waals surface area contributed by atoms with Crippen molar-refractivity contribution in [3.05, 3.63) is 17.7 Å². The van der Waals surface area contributed by atoms with Crippen LogP contribution in [0.1, 0.15) is 37.8 Å². The Labute approximate surface area is 115 Å². The summed E-state index contributed by atoms with van der Waals surface area (Å²) in [6, 6.07) is 4.16. The predicted octanol–water partition coefficient (Wildman–Crippen LogP) is 2.92. The molecule has 1 aromatic rings. The molecule has 1 aliphatic heterocycles. The van der Waals surface area contributed by atoms with E-state index in [0.717, 1.165) is 55.2 Å². The second-order valence-corrected chi connectivity index (χ2v) is 4.74. The number of hydrogen-bond acceptors (Lipinski definition) is 4. The van der Waals surface area contributed by atoms with Crippen molar-refractivity contribution in [2.24, 2.45) is 0 Å². The van der Waals surface area contributed by atoms with Gasteiger partial charge in [0.05, 0.1) is 26.4 Å². The molecule has 1 heterocycles. The molecule has 0 saturated heterocycles. The molecule has 1 unspecified atom stereocenters. The van der Waals surface area contributed by atoms with Crippen LogP contribution in [0.15, 0.2) is 12.1 Å². The molecule has 2 rings (SSSR count). The van der Waals surface area contributed by atoms with E-state index in [2.05, 4.69) is 12.2 Å². The number of ether oxygens (including phenoxy) is 3. The Kier molecular flexibility index (Phi) is 4.91. The van der Waals surface area contributed by atoms with E-state index < -0.39 is 0 Å². The SMILES string of the molecule is CCCNC1CCCOc2cc(OC)cc(OC)c21. The molecule has 1 aromatic carbocycles. The minimum atomic E-state index is 0.290. The Bertz CT molecular complexity index is 420. The summed E-state index contributed by atoms with van der Waals surface area (Å²) in [4.78, 5) is 0. The summed E-state index contributed by atoms with van der Waals surface area (Å²) in [5.41, 5.74) is 1.12. The Morgan fingerprint density at radius 2 is 2.16 bits per heavy atom. The van der Waals surface area contributed by atoms with Crippen molar-refractivity contribution in [2.45, 2.75) is 32.2 Å². The summed E-state index contributed by atoms with van der Waals surface area (Å²) < 4.78 is 16.7. The third-order valence-electron chi connectivity index (χ3n) is 3.42. The van der Waals surface area contributed by atoms with Gasteiger partial charge in [-0.2, -0.15) is 0 Å². The molecule has 0 fully saturated rings. The van der Waals surface area contributed by atoms with E-state index in [1.165, 1.54) is 0 Å². The Balaban J connectivity index is 2.39. The molecule has 4 nitrogen and oxygen atoms in total.